The summed E-state index contributed by atoms with van der Waals surface area (Å²) in [5, 5.41) is 0. The highest BCUT2D eigenvalue weighted by Crippen LogP contribution is 2.32. The Morgan fingerprint density at radius 1 is 1.00 bits per heavy atom. The standard InChI is InChI=1S/C29H35N3O3/c1-29(2,3)35-26(33)21-34-18-16-22-11-10-17-32(20-22)25-19-30-27(23-12-6-4-7-13-23)28(31-25)24-14-8-5-9-15-24/h4-9,12-15,19,22H,10-11,16-18,20-21H2,1-3H3. The van der Waals surface area contributed by atoms with Crippen molar-refractivity contribution in [1.82, 2.24) is 9.97 Å². The maximum absolute atomic E-state index is 11.9. The molecule has 1 aromatic heterocycles. The number of anilines is 1. The van der Waals surface area contributed by atoms with E-state index in [-0.39, 0.29) is 12.6 Å². The Bertz CT molecular complexity index is 1100. The van der Waals surface area contributed by atoms with Gasteiger partial charge in [0.05, 0.1) is 17.6 Å². The summed E-state index contributed by atoms with van der Waals surface area (Å²) in [6.45, 7) is 8.00. The molecule has 0 radical (unpaired) electrons. The topological polar surface area (TPSA) is 64.6 Å². The van der Waals surface area contributed by atoms with Crippen molar-refractivity contribution in [3.63, 3.8) is 0 Å². The Morgan fingerprint density at radius 3 is 2.31 bits per heavy atom. The molecular weight excluding hydrogens is 438 g/mol. The van der Waals surface area contributed by atoms with Crippen LogP contribution >= 0.6 is 0 Å². The fourth-order valence-corrected chi connectivity index (χ4v) is 4.42. The van der Waals surface area contributed by atoms with E-state index in [1.165, 1.54) is 0 Å². The molecule has 2 heterocycles. The third kappa shape index (κ3) is 7.12. The predicted octanol–water partition coefficient (Wildman–Crippen LogP) is 5.78. The number of aromatic nitrogens is 2. The van der Waals surface area contributed by atoms with Crippen molar-refractivity contribution in [3.8, 4) is 22.5 Å². The van der Waals surface area contributed by atoms with E-state index in [1.54, 1.807) is 0 Å². The second-order valence-corrected chi connectivity index (χ2v) is 10.0. The van der Waals surface area contributed by atoms with Gasteiger partial charge in [-0.1, -0.05) is 60.7 Å². The molecule has 0 aliphatic carbocycles. The number of hydrogen-bond acceptors (Lipinski definition) is 6. The van der Waals surface area contributed by atoms with E-state index < -0.39 is 5.60 Å². The van der Waals surface area contributed by atoms with Gasteiger partial charge < -0.3 is 14.4 Å². The zero-order valence-corrected chi connectivity index (χ0v) is 20.9. The first kappa shape index (κ1) is 24.9. The maximum atomic E-state index is 11.9. The second kappa shape index (κ2) is 11.5. The van der Waals surface area contributed by atoms with Crippen LogP contribution in [0, 0.1) is 5.92 Å². The third-order valence-corrected chi connectivity index (χ3v) is 6.01. The van der Waals surface area contributed by atoms with Crippen LogP contribution in [-0.2, 0) is 14.3 Å². The minimum Gasteiger partial charge on any atom is -0.458 e. The Labute approximate surface area is 208 Å². The molecule has 35 heavy (non-hydrogen) atoms. The summed E-state index contributed by atoms with van der Waals surface area (Å²) in [6.07, 6.45) is 5.05. The number of rotatable bonds is 8. The van der Waals surface area contributed by atoms with Gasteiger partial charge in [-0.15, -0.1) is 0 Å². The van der Waals surface area contributed by atoms with Crippen LogP contribution in [0.15, 0.2) is 66.9 Å². The van der Waals surface area contributed by atoms with Crippen molar-refractivity contribution < 1.29 is 14.3 Å². The zero-order chi connectivity index (χ0) is 24.7. The molecule has 1 saturated heterocycles. The molecule has 0 spiro atoms. The fraction of sp³-hybridized carbons (Fsp3) is 0.414. The molecule has 184 valence electrons. The molecule has 0 bridgehead atoms. The minimum absolute atomic E-state index is 0.000559. The van der Waals surface area contributed by atoms with Gasteiger partial charge in [0.15, 0.2) is 0 Å². The van der Waals surface area contributed by atoms with E-state index in [0.29, 0.717) is 12.5 Å². The van der Waals surface area contributed by atoms with Crippen LogP contribution in [0.5, 0.6) is 0 Å². The van der Waals surface area contributed by atoms with Gasteiger partial charge in [-0.2, -0.15) is 0 Å². The first-order chi connectivity index (χ1) is 16.9. The Hall–Kier alpha value is -3.25. The zero-order valence-electron chi connectivity index (χ0n) is 20.9. The molecular formula is C29H35N3O3. The van der Waals surface area contributed by atoms with Crippen molar-refractivity contribution in [3.05, 3.63) is 66.9 Å². The highest BCUT2D eigenvalue weighted by Gasteiger charge is 2.23. The monoisotopic (exact) mass is 473 g/mol. The van der Waals surface area contributed by atoms with E-state index in [1.807, 2.05) is 63.4 Å². The average molecular weight is 474 g/mol. The highest BCUT2D eigenvalue weighted by molar-refractivity contribution is 5.78. The summed E-state index contributed by atoms with van der Waals surface area (Å²) >= 11 is 0. The van der Waals surface area contributed by atoms with E-state index in [2.05, 4.69) is 29.2 Å². The van der Waals surface area contributed by atoms with Crippen LogP contribution < -0.4 is 4.90 Å². The van der Waals surface area contributed by atoms with Gasteiger partial charge in [0.25, 0.3) is 0 Å². The van der Waals surface area contributed by atoms with Gasteiger partial charge in [-0.3, -0.25) is 4.98 Å². The molecule has 4 rings (SSSR count). The van der Waals surface area contributed by atoms with Gasteiger partial charge in [0, 0.05) is 30.8 Å². The molecule has 1 aliphatic heterocycles. The normalized spacial score (nSPS) is 16.2. The number of esters is 1. The lowest BCUT2D eigenvalue weighted by molar-refractivity contribution is -0.160. The molecule has 0 amide bonds. The number of carbonyl (C=O) groups is 1. The number of hydrogen-bond donors (Lipinski definition) is 0. The Balaban J connectivity index is 1.42. The predicted molar refractivity (Wildman–Crippen MR) is 139 cm³/mol. The van der Waals surface area contributed by atoms with Gasteiger partial charge in [-0.05, 0) is 46.0 Å². The van der Waals surface area contributed by atoms with E-state index in [4.69, 9.17) is 19.4 Å². The molecule has 6 nitrogen and oxygen atoms in total. The lowest BCUT2D eigenvalue weighted by atomic mass is 9.95. The van der Waals surface area contributed by atoms with Crippen LogP contribution in [0.3, 0.4) is 0 Å². The van der Waals surface area contributed by atoms with Crippen molar-refractivity contribution in [2.75, 3.05) is 31.2 Å². The number of ether oxygens (including phenoxy) is 2. The Morgan fingerprint density at radius 2 is 1.66 bits per heavy atom. The lowest BCUT2D eigenvalue weighted by Crippen LogP contribution is -2.36. The molecule has 1 fully saturated rings. The Kier molecular flexibility index (Phi) is 8.13. The molecule has 1 unspecified atom stereocenters. The first-order valence-corrected chi connectivity index (χ1v) is 12.4. The SMILES string of the molecule is CC(C)(C)OC(=O)COCCC1CCCN(c2cnc(-c3ccccc3)c(-c3ccccc3)n2)C1. The summed E-state index contributed by atoms with van der Waals surface area (Å²) in [5.74, 6) is 1.08. The molecule has 0 N–H and O–H groups in total. The third-order valence-electron chi connectivity index (χ3n) is 6.01. The van der Waals surface area contributed by atoms with Gasteiger partial charge in [0.1, 0.15) is 18.0 Å². The number of nitrogens with zero attached hydrogens (tertiary/aromatic N) is 3. The summed E-state index contributed by atoms with van der Waals surface area (Å²) in [5.41, 5.74) is 3.43. The van der Waals surface area contributed by atoms with Gasteiger partial charge in [-0.25, -0.2) is 9.78 Å². The summed E-state index contributed by atoms with van der Waals surface area (Å²) in [6, 6.07) is 20.5. The second-order valence-electron chi connectivity index (χ2n) is 10.0. The van der Waals surface area contributed by atoms with Gasteiger partial charge in [0.2, 0.25) is 0 Å². The molecule has 3 aromatic rings. The number of benzene rings is 2. The van der Waals surface area contributed by atoms with Crippen LogP contribution in [0.1, 0.15) is 40.0 Å². The highest BCUT2D eigenvalue weighted by atomic mass is 16.6. The summed E-state index contributed by atoms with van der Waals surface area (Å²) in [4.78, 5) is 24.2. The summed E-state index contributed by atoms with van der Waals surface area (Å²) < 4.78 is 10.9. The molecule has 0 saturated carbocycles. The molecule has 2 aromatic carbocycles. The van der Waals surface area contributed by atoms with E-state index in [9.17, 15) is 4.79 Å². The van der Waals surface area contributed by atoms with Crippen LogP contribution in [0.4, 0.5) is 5.82 Å². The van der Waals surface area contributed by atoms with Crippen molar-refractivity contribution in [2.24, 2.45) is 5.92 Å². The first-order valence-electron chi connectivity index (χ1n) is 12.4. The van der Waals surface area contributed by atoms with Crippen LogP contribution in [0.2, 0.25) is 0 Å². The minimum atomic E-state index is -0.486. The van der Waals surface area contributed by atoms with Crippen LogP contribution in [0.25, 0.3) is 22.5 Å². The van der Waals surface area contributed by atoms with E-state index in [0.717, 1.165) is 60.7 Å². The maximum Gasteiger partial charge on any atom is 0.332 e. The summed E-state index contributed by atoms with van der Waals surface area (Å²) in [7, 11) is 0. The fourth-order valence-electron chi connectivity index (χ4n) is 4.42. The van der Waals surface area contributed by atoms with E-state index >= 15 is 0 Å². The largest absolute Gasteiger partial charge is 0.458 e. The van der Waals surface area contributed by atoms with Crippen molar-refractivity contribution in [2.45, 2.75) is 45.6 Å². The number of carbonyl (C=O) groups excluding carboxylic acids is 1. The smallest absolute Gasteiger partial charge is 0.332 e. The average Bonchev–Trinajstić information content (AvgIpc) is 2.86. The molecule has 1 aliphatic rings. The van der Waals surface area contributed by atoms with Crippen molar-refractivity contribution in [1.29, 1.82) is 0 Å². The lowest BCUT2D eigenvalue weighted by Gasteiger charge is -2.33. The molecule has 1 atom stereocenters. The van der Waals surface area contributed by atoms with Gasteiger partial charge >= 0.3 is 5.97 Å². The quantitative estimate of drug-likeness (QED) is 0.305. The number of piperidine rings is 1. The van der Waals surface area contributed by atoms with Crippen molar-refractivity contribution >= 4 is 11.8 Å². The van der Waals surface area contributed by atoms with Crippen LogP contribution in [-0.4, -0.2) is 47.8 Å². The molecule has 6 heteroatoms.